The van der Waals surface area contributed by atoms with E-state index in [1.54, 1.807) is 36.5 Å². The van der Waals surface area contributed by atoms with Gasteiger partial charge in [0.2, 0.25) is 0 Å². The van der Waals surface area contributed by atoms with Gasteiger partial charge in [-0.05, 0) is 18.2 Å². The van der Waals surface area contributed by atoms with Gasteiger partial charge in [0.1, 0.15) is 17.1 Å². The van der Waals surface area contributed by atoms with Crippen LogP contribution in [0.5, 0.6) is 5.75 Å². The van der Waals surface area contributed by atoms with Crippen LogP contribution >= 0.6 is 0 Å². The van der Waals surface area contributed by atoms with Crippen LogP contribution in [-0.2, 0) is 0 Å². The molecule has 0 aliphatic carbocycles. The summed E-state index contributed by atoms with van der Waals surface area (Å²) in [6, 6.07) is 8.38. The van der Waals surface area contributed by atoms with Crippen molar-refractivity contribution in [1.82, 2.24) is 9.78 Å². The Hall–Kier alpha value is -2.10. The number of hydrogen-bond donors (Lipinski definition) is 1. The van der Waals surface area contributed by atoms with Gasteiger partial charge in [-0.15, -0.1) is 0 Å². The van der Waals surface area contributed by atoms with E-state index >= 15 is 0 Å². The molecular formula is C10H8N2O2. The van der Waals surface area contributed by atoms with Crippen molar-refractivity contribution in [3.63, 3.8) is 0 Å². The number of para-hydroxylation sites is 2. The van der Waals surface area contributed by atoms with Crippen LogP contribution in [0.2, 0.25) is 0 Å². The molecule has 0 amide bonds. The van der Waals surface area contributed by atoms with Gasteiger partial charge < -0.3 is 5.11 Å². The number of carbonyl (C=O) groups is 1. The number of benzene rings is 1. The zero-order valence-electron chi connectivity index (χ0n) is 7.29. The first kappa shape index (κ1) is 8.50. The number of aromatic hydroxyl groups is 1. The molecule has 14 heavy (non-hydrogen) atoms. The van der Waals surface area contributed by atoms with Crippen LogP contribution in [0.1, 0.15) is 10.5 Å². The minimum atomic E-state index is 0.132. The Morgan fingerprint density at radius 2 is 2.07 bits per heavy atom. The molecule has 0 aliphatic heterocycles. The number of carbonyl (C=O) groups excluding carboxylic acids is 1. The average molecular weight is 188 g/mol. The third-order valence-electron chi connectivity index (χ3n) is 1.86. The largest absolute Gasteiger partial charge is 0.506 e. The molecule has 0 fully saturated rings. The Kier molecular flexibility index (Phi) is 2.02. The first-order chi connectivity index (χ1) is 6.81. The quantitative estimate of drug-likeness (QED) is 0.724. The zero-order chi connectivity index (χ0) is 9.97. The number of aromatic nitrogens is 2. The standard InChI is InChI=1S/C10H8N2O2/c13-7-8-5-6-12(11-8)9-3-1-2-4-10(9)14/h1-7,14H. The summed E-state index contributed by atoms with van der Waals surface area (Å²) in [5, 5.41) is 13.4. The molecule has 1 aromatic heterocycles. The predicted molar refractivity (Wildman–Crippen MR) is 50.6 cm³/mol. The van der Waals surface area contributed by atoms with Crippen LogP contribution in [0.3, 0.4) is 0 Å². The van der Waals surface area contributed by atoms with Crippen LogP contribution in [0.15, 0.2) is 36.5 Å². The van der Waals surface area contributed by atoms with Gasteiger partial charge in [-0.25, -0.2) is 4.68 Å². The molecule has 0 atom stereocenters. The monoisotopic (exact) mass is 188 g/mol. The molecule has 1 N–H and O–H groups in total. The van der Waals surface area contributed by atoms with Crippen molar-refractivity contribution in [2.24, 2.45) is 0 Å². The lowest BCUT2D eigenvalue weighted by molar-refractivity contribution is 0.111. The molecule has 4 nitrogen and oxygen atoms in total. The smallest absolute Gasteiger partial charge is 0.170 e. The van der Waals surface area contributed by atoms with E-state index < -0.39 is 0 Å². The highest BCUT2D eigenvalue weighted by Crippen LogP contribution is 2.19. The van der Waals surface area contributed by atoms with E-state index in [4.69, 9.17) is 0 Å². The SMILES string of the molecule is O=Cc1ccn(-c2ccccc2O)n1. The van der Waals surface area contributed by atoms with E-state index in [1.165, 1.54) is 4.68 Å². The fraction of sp³-hybridized carbons (Fsp3) is 0. The molecule has 1 heterocycles. The van der Waals surface area contributed by atoms with Crippen molar-refractivity contribution >= 4 is 6.29 Å². The highest BCUT2D eigenvalue weighted by atomic mass is 16.3. The van der Waals surface area contributed by atoms with E-state index in [9.17, 15) is 9.90 Å². The molecular weight excluding hydrogens is 180 g/mol. The van der Waals surface area contributed by atoms with Gasteiger partial charge in [-0.2, -0.15) is 5.10 Å². The summed E-state index contributed by atoms with van der Waals surface area (Å²) in [6.45, 7) is 0. The lowest BCUT2D eigenvalue weighted by atomic mass is 10.3. The second-order valence-corrected chi connectivity index (χ2v) is 2.79. The van der Waals surface area contributed by atoms with E-state index in [2.05, 4.69) is 5.10 Å². The molecule has 0 spiro atoms. The van der Waals surface area contributed by atoms with Crippen LogP contribution < -0.4 is 0 Å². The van der Waals surface area contributed by atoms with Gasteiger partial charge >= 0.3 is 0 Å². The maximum Gasteiger partial charge on any atom is 0.170 e. The number of rotatable bonds is 2. The zero-order valence-corrected chi connectivity index (χ0v) is 7.29. The van der Waals surface area contributed by atoms with Gasteiger partial charge in [-0.1, -0.05) is 12.1 Å². The topological polar surface area (TPSA) is 55.1 Å². The summed E-state index contributed by atoms with van der Waals surface area (Å²) in [4.78, 5) is 10.4. The minimum Gasteiger partial charge on any atom is -0.506 e. The summed E-state index contributed by atoms with van der Waals surface area (Å²) in [5.41, 5.74) is 0.897. The van der Waals surface area contributed by atoms with Gasteiger partial charge in [0.25, 0.3) is 0 Å². The lowest BCUT2D eigenvalue weighted by Crippen LogP contribution is -1.95. The van der Waals surface area contributed by atoms with Crippen molar-refractivity contribution in [1.29, 1.82) is 0 Å². The molecule has 0 radical (unpaired) electrons. The lowest BCUT2D eigenvalue weighted by Gasteiger charge is -2.02. The Morgan fingerprint density at radius 1 is 1.29 bits per heavy atom. The first-order valence-corrected chi connectivity index (χ1v) is 4.10. The summed E-state index contributed by atoms with van der Waals surface area (Å²) < 4.78 is 1.46. The first-order valence-electron chi connectivity index (χ1n) is 4.10. The Bertz CT molecular complexity index is 463. The minimum absolute atomic E-state index is 0.132. The summed E-state index contributed by atoms with van der Waals surface area (Å²) in [7, 11) is 0. The molecule has 0 unspecified atom stereocenters. The predicted octanol–water partition coefficient (Wildman–Crippen LogP) is 1.39. The Morgan fingerprint density at radius 3 is 2.71 bits per heavy atom. The number of aldehydes is 1. The van der Waals surface area contributed by atoms with E-state index in [0.29, 0.717) is 17.7 Å². The van der Waals surface area contributed by atoms with Gasteiger partial charge in [0, 0.05) is 6.20 Å². The summed E-state index contributed by atoms with van der Waals surface area (Å²) >= 11 is 0. The van der Waals surface area contributed by atoms with Crippen LogP contribution in [0.25, 0.3) is 5.69 Å². The Labute approximate surface area is 80.4 Å². The summed E-state index contributed by atoms with van der Waals surface area (Å²) in [6.07, 6.45) is 2.29. The second kappa shape index (κ2) is 3.33. The van der Waals surface area contributed by atoms with Crippen molar-refractivity contribution in [3.05, 3.63) is 42.2 Å². The van der Waals surface area contributed by atoms with E-state index in [1.807, 2.05) is 0 Å². The highest BCUT2D eigenvalue weighted by molar-refractivity contribution is 5.71. The highest BCUT2D eigenvalue weighted by Gasteiger charge is 2.03. The Balaban J connectivity index is 2.49. The number of hydrogen-bond acceptors (Lipinski definition) is 3. The molecule has 70 valence electrons. The molecule has 0 saturated heterocycles. The summed E-state index contributed by atoms with van der Waals surface area (Å²) in [5.74, 6) is 0.132. The average Bonchev–Trinajstić information content (AvgIpc) is 2.67. The molecule has 2 aromatic rings. The molecule has 1 aromatic carbocycles. The second-order valence-electron chi connectivity index (χ2n) is 2.79. The van der Waals surface area contributed by atoms with Crippen LogP contribution in [0, 0.1) is 0 Å². The number of phenols is 1. The molecule has 4 heteroatoms. The van der Waals surface area contributed by atoms with Gasteiger partial charge in [0.05, 0.1) is 0 Å². The molecule has 0 aliphatic rings. The fourth-order valence-electron chi connectivity index (χ4n) is 1.19. The van der Waals surface area contributed by atoms with Crippen molar-refractivity contribution in [2.75, 3.05) is 0 Å². The normalized spacial score (nSPS) is 10.0. The third kappa shape index (κ3) is 1.37. The van der Waals surface area contributed by atoms with E-state index in [0.717, 1.165) is 0 Å². The maximum absolute atomic E-state index is 10.4. The van der Waals surface area contributed by atoms with Crippen molar-refractivity contribution in [3.8, 4) is 11.4 Å². The van der Waals surface area contributed by atoms with Crippen LogP contribution in [-0.4, -0.2) is 21.2 Å². The van der Waals surface area contributed by atoms with Gasteiger partial charge in [-0.3, -0.25) is 4.79 Å². The van der Waals surface area contributed by atoms with Crippen molar-refractivity contribution in [2.45, 2.75) is 0 Å². The number of nitrogens with zero attached hydrogens (tertiary/aromatic N) is 2. The van der Waals surface area contributed by atoms with Gasteiger partial charge in [0.15, 0.2) is 6.29 Å². The molecule has 0 bridgehead atoms. The van der Waals surface area contributed by atoms with E-state index in [-0.39, 0.29) is 5.75 Å². The fourth-order valence-corrected chi connectivity index (χ4v) is 1.19. The van der Waals surface area contributed by atoms with Crippen molar-refractivity contribution < 1.29 is 9.90 Å². The number of phenolic OH excluding ortho intramolecular Hbond substituents is 1. The maximum atomic E-state index is 10.4. The third-order valence-corrected chi connectivity index (χ3v) is 1.86. The van der Waals surface area contributed by atoms with Crippen LogP contribution in [0.4, 0.5) is 0 Å². The molecule has 0 saturated carbocycles. The molecule has 2 rings (SSSR count).